The van der Waals surface area contributed by atoms with E-state index >= 15 is 0 Å². The van der Waals surface area contributed by atoms with Crippen molar-refractivity contribution in [3.63, 3.8) is 0 Å². The van der Waals surface area contributed by atoms with Crippen LogP contribution in [0.5, 0.6) is 0 Å². The SMILES string of the molecule is CCCNC(c1ccc(CC)cc1)C1(C)CCCC1. The average molecular weight is 259 g/mol. The predicted molar refractivity (Wildman–Crippen MR) is 83.4 cm³/mol. The molecule has 0 heterocycles. The summed E-state index contributed by atoms with van der Waals surface area (Å²) in [4.78, 5) is 0. The first-order chi connectivity index (χ1) is 9.19. The van der Waals surface area contributed by atoms with Crippen LogP contribution in [-0.2, 0) is 6.42 Å². The number of rotatable bonds is 6. The summed E-state index contributed by atoms with van der Waals surface area (Å²) in [6.45, 7) is 8.07. The first kappa shape index (κ1) is 14.6. The second-order valence-electron chi connectivity index (χ2n) is 6.34. The van der Waals surface area contributed by atoms with Gasteiger partial charge >= 0.3 is 0 Å². The highest BCUT2D eigenvalue weighted by atomic mass is 14.9. The van der Waals surface area contributed by atoms with Crippen molar-refractivity contribution >= 4 is 0 Å². The molecule has 1 atom stereocenters. The van der Waals surface area contributed by atoms with Crippen LogP contribution in [-0.4, -0.2) is 6.54 Å². The standard InChI is InChI=1S/C18H29N/c1-4-14-19-17(18(3)12-6-7-13-18)16-10-8-15(5-2)9-11-16/h8-11,17,19H,4-7,12-14H2,1-3H3. The minimum absolute atomic E-state index is 0.447. The molecular weight excluding hydrogens is 230 g/mol. The Hall–Kier alpha value is -0.820. The first-order valence-corrected chi connectivity index (χ1v) is 8.02. The van der Waals surface area contributed by atoms with Gasteiger partial charge in [-0.2, -0.15) is 0 Å². The topological polar surface area (TPSA) is 12.0 Å². The van der Waals surface area contributed by atoms with Crippen molar-refractivity contribution in [2.24, 2.45) is 5.41 Å². The van der Waals surface area contributed by atoms with E-state index in [0.717, 1.165) is 13.0 Å². The normalized spacial score (nSPS) is 19.5. The summed E-state index contributed by atoms with van der Waals surface area (Å²) >= 11 is 0. The maximum atomic E-state index is 3.81. The quantitative estimate of drug-likeness (QED) is 0.768. The van der Waals surface area contributed by atoms with E-state index < -0.39 is 0 Å². The van der Waals surface area contributed by atoms with Gasteiger partial charge in [0.15, 0.2) is 0 Å². The fourth-order valence-electron chi connectivity index (χ4n) is 3.47. The Bertz CT molecular complexity index is 373. The molecule has 0 radical (unpaired) electrons. The molecular formula is C18H29N. The van der Waals surface area contributed by atoms with Crippen molar-refractivity contribution < 1.29 is 0 Å². The van der Waals surface area contributed by atoms with Crippen LogP contribution < -0.4 is 5.32 Å². The minimum atomic E-state index is 0.447. The summed E-state index contributed by atoms with van der Waals surface area (Å²) in [6, 6.07) is 9.81. The molecule has 106 valence electrons. The maximum absolute atomic E-state index is 3.81. The molecule has 0 aliphatic heterocycles. The third kappa shape index (κ3) is 3.39. The lowest BCUT2D eigenvalue weighted by Gasteiger charge is -2.35. The molecule has 1 heteroatoms. The molecule has 2 rings (SSSR count). The summed E-state index contributed by atoms with van der Waals surface area (Å²) in [6.07, 6.45) is 7.86. The van der Waals surface area contributed by atoms with E-state index in [4.69, 9.17) is 0 Å². The van der Waals surface area contributed by atoms with Gasteiger partial charge in [-0.15, -0.1) is 0 Å². The highest BCUT2D eigenvalue weighted by Crippen LogP contribution is 2.47. The van der Waals surface area contributed by atoms with Gasteiger partial charge in [-0.05, 0) is 48.8 Å². The maximum Gasteiger partial charge on any atom is 0.0374 e. The Balaban J connectivity index is 2.20. The molecule has 1 aromatic carbocycles. The van der Waals surface area contributed by atoms with Crippen molar-refractivity contribution in [1.82, 2.24) is 5.32 Å². The van der Waals surface area contributed by atoms with Crippen LogP contribution in [0.4, 0.5) is 0 Å². The number of hydrogen-bond acceptors (Lipinski definition) is 1. The van der Waals surface area contributed by atoms with Crippen molar-refractivity contribution in [2.75, 3.05) is 6.54 Å². The molecule has 0 amide bonds. The molecule has 1 aliphatic rings. The zero-order chi connectivity index (χ0) is 13.7. The van der Waals surface area contributed by atoms with Crippen LogP contribution in [0.3, 0.4) is 0 Å². The predicted octanol–water partition coefficient (Wildman–Crippen LogP) is 4.87. The van der Waals surface area contributed by atoms with E-state index in [-0.39, 0.29) is 0 Å². The van der Waals surface area contributed by atoms with Crippen LogP contribution in [0.15, 0.2) is 24.3 Å². The monoisotopic (exact) mass is 259 g/mol. The van der Waals surface area contributed by atoms with Crippen molar-refractivity contribution in [3.05, 3.63) is 35.4 Å². The molecule has 1 N–H and O–H groups in total. The number of hydrogen-bond donors (Lipinski definition) is 1. The fraction of sp³-hybridized carbons (Fsp3) is 0.667. The molecule has 0 saturated heterocycles. The first-order valence-electron chi connectivity index (χ1n) is 8.02. The van der Waals surface area contributed by atoms with Crippen molar-refractivity contribution in [2.45, 2.75) is 65.3 Å². The fourth-order valence-corrected chi connectivity index (χ4v) is 3.47. The van der Waals surface area contributed by atoms with E-state index in [0.29, 0.717) is 11.5 Å². The van der Waals surface area contributed by atoms with Crippen molar-refractivity contribution in [3.8, 4) is 0 Å². The minimum Gasteiger partial charge on any atom is -0.309 e. The molecule has 19 heavy (non-hydrogen) atoms. The van der Waals surface area contributed by atoms with Gasteiger partial charge in [0.05, 0.1) is 0 Å². The Morgan fingerprint density at radius 3 is 2.26 bits per heavy atom. The Labute approximate surface area is 118 Å². The number of nitrogens with one attached hydrogen (secondary N) is 1. The lowest BCUT2D eigenvalue weighted by atomic mass is 9.77. The van der Waals surface area contributed by atoms with E-state index in [1.54, 1.807) is 0 Å². The molecule has 1 aliphatic carbocycles. The molecule has 1 fully saturated rings. The van der Waals surface area contributed by atoms with Crippen LogP contribution in [0.2, 0.25) is 0 Å². The van der Waals surface area contributed by atoms with Gasteiger partial charge < -0.3 is 5.32 Å². The van der Waals surface area contributed by atoms with Crippen LogP contribution in [0, 0.1) is 5.41 Å². The Morgan fingerprint density at radius 1 is 1.11 bits per heavy atom. The number of benzene rings is 1. The van der Waals surface area contributed by atoms with Crippen LogP contribution in [0.1, 0.15) is 70.0 Å². The summed E-state index contributed by atoms with van der Waals surface area (Å²) in [5.74, 6) is 0. The van der Waals surface area contributed by atoms with E-state index in [2.05, 4.69) is 50.4 Å². The molecule has 1 aromatic rings. The zero-order valence-corrected chi connectivity index (χ0v) is 12.8. The van der Waals surface area contributed by atoms with Gasteiger partial charge in [0.25, 0.3) is 0 Å². The Morgan fingerprint density at radius 2 is 1.74 bits per heavy atom. The lowest BCUT2D eigenvalue weighted by Crippen LogP contribution is -2.35. The van der Waals surface area contributed by atoms with Gasteiger partial charge in [-0.1, -0.05) is 57.9 Å². The molecule has 1 unspecified atom stereocenters. The lowest BCUT2D eigenvalue weighted by molar-refractivity contribution is 0.223. The average Bonchev–Trinajstić information content (AvgIpc) is 2.87. The van der Waals surface area contributed by atoms with Crippen molar-refractivity contribution in [1.29, 1.82) is 0 Å². The second-order valence-corrected chi connectivity index (χ2v) is 6.34. The third-order valence-corrected chi connectivity index (χ3v) is 4.76. The van der Waals surface area contributed by atoms with Gasteiger partial charge in [-0.3, -0.25) is 0 Å². The largest absolute Gasteiger partial charge is 0.309 e. The molecule has 0 spiro atoms. The summed E-state index contributed by atoms with van der Waals surface area (Å²) in [5.41, 5.74) is 3.37. The highest BCUT2D eigenvalue weighted by molar-refractivity contribution is 5.27. The second kappa shape index (κ2) is 6.56. The van der Waals surface area contributed by atoms with Gasteiger partial charge in [-0.25, -0.2) is 0 Å². The highest BCUT2D eigenvalue weighted by Gasteiger charge is 2.37. The molecule has 1 nitrogen and oxygen atoms in total. The smallest absolute Gasteiger partial charge is 0.0374 e. The van der Waals surface area contributed by atoms with E-state index in [1.807, 2.05) is 0 Å². The third-order valence-electron chi connectivity index (χ3n) is 4.76. The Kier molecular flexibility index (Phi) is 5.04. The summed E-state index contributed by atoms with van der Waals surface area (Å²) in [5, 5.41) is 3.81. The summed E-state index contributed by atoms with van der Waals surface area (Å²) < 4.78 is 0. The van der Waals surface area contributed by atoms with Crippen LogP contribution >= 0.6 is 0 Å². The van der Waals surface area contributed by atoms with Crippen LogP contribution in [0.25, 0.3) is 0 Å². The zero-order valence-electron chi connectivity index (χ0n) is 12.8. The van der Waals surface area contributed by atoms with Gasteiger partial charge in [0.2, 0.25) is 0 Å². The van der Waals surface area contributed by atoms with E-state index in [9.17, 15) is 0 Å². The van der Waals surface area contributed by atoms with Gasteiger partial charge in [0, 0.05) is 6.04 Å². The summed E-state index contributed by atoms with van der Waals surface area (Å²) in [7, 11) is 0. The van der Waals surface area contributed by atoms with E-state index in [1.165, 1.54) is 43.2 Å². The number of aryl methyl sites for hydroxylation is 1. The molecule has 1 saturated carbocycles. The van der Waals surface area contributed by atoms with Gasteiger partial charge in [0.1, 0.15) is 0 Å². The molecule has 0 aromatic heterocycles. The molecule has 0 bridgehead atoms.